The minimum Gasteiger partial charge on any atom is -0.366 e. The molecule has 3 N–H and O–H groups in total. The first-order chi connectivity index (χ1) is 13.5. The summed E-state index contributed by atoms with van der Waals surface area (Å²) in [5.41, 5.74) is 3.44. The number of pyridine rings is 1. The molecule has 1 aromatic heterocycles. The number of hydrogen-bond donors (Lipinski definition) is 2. The normalized spacial score (nSPS) is 19.8. The van der Waals surface area contributed by atoms with E-state index in [-0.39, 0.29) is 18.0 Å². The Morgan fingerprint density at radius 1 is 1.25 bits per heavy atom. The van der Waals surface area contributed by atoms with E-state index in [2.05, 4.69) is 47.4 Å². The average Bonchev–Trinajstić information content (AvgIpc) is 2.73. The summed E-state index contributed by atoms with van der Waals surface area (Å²) < 4.78 is 0. The number of amides is 1. The molecular weight excluding hydrogens is 350 g/mol. The monoisotopic (exact) mass is 377 g/mol. The highest BCUT2D eigenvalue weighted by Crippen LogP contribution is 2.20. The lowest BCUT2D eigenvalue weighted by molar-refractivity contribution is -0.138. The molecule has 6 heteroatoms. The average molecular weight is 377 g/mol. The second kappa shape index (κ2) is 7.73. The van der Waals surface area contributed by atoms with Gasteiger partial charge in [-0.05, 0) is 79.7 Å². The molecule has 1 unspecified atom stereocenters. The molecule has 1 atom stereocenters. The van der Waals surface area contributed by atoms with Crippen LogP contribution in [0.15, 0.2) is 36.7 Å². The zero-order valence-electron chi connectivity index (χ0n) is 16.4. The van der Waals surface area contributed by atoms with Gasteiger partial charge in [-0.15, -0.1) is 0 Å². The largest absolute Gasteiger partial charge is 0.366 e. The number of rotatable bonds is 3. The fraction of sp³-hybridized carbons (Fsp3) is 0.364. The van der Waals surface area contributed by atoms with Crippen LogP contribution in [-0.2, 0) is 4.79 Å². The van der Waals surface area contributed by atoms with Crippen molar-refractivity contribution in [1.29, 1.82) is 0 Å². The molecule has 1 amide bonds. The first-order valence-corrected chi connectivity index (χ1v) is 9.78. The minimum absolute atomic E-state index is 0.00808. The molecule has 2 aliphatic rings. The third-order valence-electron chi connectivity index (χ3n) is 5.81. The predicted molar refractivity (Wildman–Crippen MR) is 111 cm³/mol. The maximum absolute atomic E-state index is 12.8. The van der Waals surface area contributed by atoms with E-state index in [0.29, 0.717) is 0 Å². The standard InChI is InChI=1S/C22H27N5O/c1-15-5-8-24-14-20(15)18-4-3-17-12-21(25-13-19(17)11-18)27(23)22(28)16-6-9-26(2)10-7-16/h3-5,8,11-14,16,21,25H,6-7,9-10,23H2,1-2H3. The molecule has 1 saturated heterocycles. The molecular formula is C22H27N5O. The van der Waals surface area contributed by atoms with Crippen LogP contribution in [0.2, 0.25) is 0 Å². The molecule has 2 aliphatic heterocycles. The van der Waals surface area contributed by atoms with Gasteiger partial charge in [0.05, 0.1) is 0 Å². The molecule has 28 heavy (non-hydrogen) atoms. The second-order valence-electron chi connectivity index (χ2n) is 7.78. The lowest BCUT2D eigenvalue weighted by atomic mass is 9.96. The van der Waals surface area contributed by atoms with Crippen LogP contribution in [0, 0.1) is 12.8 Å². The Hall–Kier alpha value is -2.70. The van der Waals surface area contributed by atoms with Gasteiger partial charge in [0.2, 0.25) is 5.91 Å². The Bertz CT molecular complexity index is 994. The molecule has 4 rings (SSSR count). The van der Waals surface area contributed by atoms with E-state index in [1.807, 2.05) is 24.5 Å². The summed E-state index contributed by atoms with van der Waals surface area (Å²) in [6, 6.07) is 8.32. The molecule has 0 bridgehead atoms. The van der Waals surface area contributed by atoms with Crippen molar-refractivity contribution in [2.24, 2.45) is 11.8 Å². The van der Waals surface area contributed by atoms with E-state index in [4.69, 9.17) is 5.84 Å². The first kappa shape index (κ1) is 18.7. The SMILES string of the molecule is Cc1ccncc1-c1ccc2c(c1)=CNC(N(N)C(=O)C1CCN(C)CC1)C=2. The van der Waals surface area contributed by atoms with Gasteiger partial charge in [-0.3, -0.25) is 14.8 Å². The Kier molecular flexibility index (Phi) is 5.15. The predicted octanol–water partition coefficient (Wildman–Crippen LogP) is 0.549. The van der Waals surface area contributed by atoms with Gasteiger partial charge in [-0.25, -0.2) is 5.84 Å². The Labute approximate surface area is 165 Å². The van der Waals surface area contributed by atoms with Crippen LogP contribution in [0.4, 0.5) is 0 Å². The molecule has 2 aromatic rings. The summed E-state index contributed by atoms with van der Waals surface area (Å²) in [4.78, 5) is 19.3. The zero-order valence-corrected chi connectivity index (χ0v) is 16.4. The van der Waals surface area contributed by atoms with Crippen LogP contribution in [0.1, 0.15) is 18.4 Å². The molecule has 1 aromatic carbocycles. The number of aromatic nitrogens is 1. The van der Waals surface area contributed by atoms with Crippen molar-refractivity contribution in [1.82, 2.24) is 20.2 Å². The number of fused-ring (bicyclic) bond motifs is 1. The van der Waals surface area contributed by atoms with Gasteiger partial charge in [-0.1, -0.05) is 12.1 Å². The van der Waals surface area contributed by atoms with Crippen LogP contribution in [0.5, 0.6) is 0 Å². The van der Waals surface area contributed by atoms with E-state index in [1.165, 1.54) is 10.6 Å². The Morgan fingerprint density at radius 3 is 2.79 bits per heavy atom. The number of nitrogens with one attached hydrogen (secondary N) is 1. The van der Waals surface area contributed by atoms with Gasteiger partial charge >= 0.3 is 0 Å². The fourth-order valence-electron chi connectivity index (χ4n) is 3.94. The van der Waals surface area contributed by atoms with Crippen molar-refractivity contribution >= 4 is 18.2 Å². The summed E-state index contributed by atoms with van der Waals surface area (Å²) in [6.07, 6.45) is 9.06. The molecule has 3 heterocycles. The van der Waals surface area contributed by atoms with Gasteiger partial charge in [0.1, 0.15) is 6.17 Å². The number of hydrazine groups is 1. The number of nitrogens with zero attached hydrogens (tertiary/aromatic N) is 3. The van der Waals surface area contributed by atoms with Crippen molar-refractivity contribution in [2.45, 2.75) is 25.9 Å². The van der Waals surface area contributed by atoms with Gasteiger partial charge in [0.15, 0.2) is 0 Å². The molecule has 1 fully saturated rings. The van der Waals surface area contributed by atoms with Crippen molar-refractivity contribution in [3.05, 3.63) is 52.7 Å². The minimum atomic E-state index is -0.328. The number of carbonyl (C=O) groups is 1. The quantitative estimate of drug-likeness (QED) is 0.464. The Balaban J connectivity index is 1.55. The van der Waals surface area contributed by atoms with Crippen molar-refractivity contribution in [2.75, 3.05) is 20.1 Å². The van der Waals surface area contributed by atoms with E-state index in [0.717, 1.165) is 47.5 Å². The summed E-state index contributed by atoms with van der Waals surface area (Å²) >= 11 is 0. The maximum atomic E-state index is 12.8. The summed E-state index contributed by atoms with van der Waals surface area (Å²) in [5.74, 6) is 6.23. The number of hydrogen-bond acceptors (Lipinski definition) is 5. The van der Waals surface area contributed by atoms with E-state index in [9.17, 15) is 4.79 Å². The third-order valence-corrected chi connectivity index (χ3v) is 5.81. The number of benzene rings is 1. The van der Waals surface area contributed by atoms with E-state index in [1.54, 1.807) is 6.20 Å². The third kappa shape index (κ3) is 3.66. The van der Waals surface area contributed by atoms with E-state index >= 15 is 0 Å². The van der Waals surface area contributed by atoms with Gasteiger partial charge in [-0.2, -0.15) is 0 Å². The van der Waals surface area contributed by atoms with Crippen molar-refractivity contribution < 1.29 is 4.79 Å². The van der Waals surface area contributed by atoms with Gasteiger partial charge in [0, 0.05) is 30.1 Å². The highest BCUT2D eigenvalue weighted by Gasteiger charge is 2.29. The molecule has 0 aliphatic carbocycles. The maximum Gasteiger partial charge on any atom is 0.241 e. The molecule has 0 radical (unpaired) electrons. The summed E-state index contributed by atoms with van der Waals surface area (Å²) in [7, 11) is 2.09. The van der Waals surface area contributed by atoms with Crippen LogP contribution >= 0.6 is 0 Å². The highest BCUT2D eigenvalue weighted by molar-refractivity contribution is 5.79. The number of likely N-dealkylation sites (tertiary alicyclic amines) is 1. The summed E-state index contributed by atoms with van der Waals surface area (Å²) in [5, 5.41) is 6.78. The topological polar surface area (TPSA) is 74.5 Å². The molecule has 6 nitrogen and oxygen atoms in total. The van der Waals surface area contributed by atoms with Crippen LogP contribution < -0.4 is 21.6 Å². The smallest absolute Gasteiger partial charge is 0.241 e. The fourth-order valence-corrected chi connectivity index (χ4v) is 3.94. The Morgan fingerprint density at radius 2 is 2.04 bits per heavy atom. The highest BCUT2D eigenvalue weighted by atomic mass is 16.2. The number of carbonyl (C=O) groups excluding carboxylic acids is 1. The summed E-state index contributed by atoms with van der Waals surface area (Å²) in [6.45, 7) is 3.97. The van der Waals surface area contributed by atoms with Crippen LogP contribution in [-0.4, -0.2) is 47.1 Å². The molecule has 0 spiro atoms. The van der Waals surface area contributed by atoms with E-state index < -0.39 is 0 Å². The number of piperidine rings is 1. The van der Waals surface area contributed by atoms with Crippen LogP contribution in [0.25, 0.3) is 23.4 Å². The van der Waals surface area contributed by atoms with Crippen LogP contribution in [0.3, 0.4) is 0 Å². The van der Waals surface area contributed by atoms with Gasteiger partial charge in [0.25, 0.3) is 0 Å². The lowest BCUT2D eigenvalue weighted by Crippen LogP contribution is -2.56. The molecule has 0 saturated carbocycles. The zero-order chi connectivity index (χ0) is 19.7. The first-order valence-electron chi connectivity index (χ1n) is 9.78. The number of aryl methyl sites for hydroxylation is 1. The lowest BCUT2D eigenvalue weighted by Gasteiger charge is -2.33. The second-order valence-corrected chi connectivity index (χ2v) is 7.78. The number of nitrogens with two attached hydrogens (primary N) is 1. The van der Waals surface area contributed by atoms with Crippen molar-refractivity contribution in [3.63, 3.8) is 0 Å². The van der Waals surface area contributed by atoms with Gasteiger partial charge < -0.3 is 10.2 Å². The van der Waals surface area contributed by atoms with Crippen molar-refractivity contribution in [3.8, 4) is 11.1 Å². The molecule has 146 valence electrons.